The largest absolute Gasteiger partial charge is 0.573 e. The molecule has 0 spiro atoms. The van der Waals surface area contributed by atoms with Crippen LogP contribution in [0.15, 0.2) is 36.5 Å². The number of nitrogens with zero attached hydrogens (tertiary/aromatic N) is 1. The Morgan fingerprint density at radius 3 is 2.12 bits per heavy atom. The van der Waals surface area contributed by atoms with E-state index < -0.39 is 47.5 Å². The molecule has 0 fully saturated rings. The van der Waals surface area contributed by atoms with Crippen molar-refractivity contribution in [2.75, 3.05) is 0 Å². The predicted octanol–water partition coefficient (Wildman–Crippen LogP) is 4.29. The third-order valence-electron chi connectivity index (χ3n) is 3.02. The molecule has 0 atom stereocenters. The van der Waals surface area contributed by atoms with Crippen molar-refractivity contribution in [3.8, 4) is 17.0 Å². The third-order valence-corrected chi connectivity index (χ3v) is 3.02. The summed E-state index contributed by atoms with van der Waals surface area (Å²) >= 11 is 0. The Kier molecular flexibility index (Phi) is 4.91. The quantitative estimate of drug-likeness (QED) is 0.821. The van der Waals surface area contributed by atoms with Gasteiger partial charge in [0.15, 0.2) is 0 Å². The van der Waals surface area contributed by atoms with Gasteiger partial charge in [0.2, 0.25) is 0 Å². The van der Waals surface area contributed by atoms with E-state index in [0.29, 0.717) is 0 Å². The van der Waals surface area contributed by atoms with Gasteiger partial charge in [0.25, 0.3) is 0 Å². The van der Waals surface area contributed by atoms with Gasteiger partial charge in [-0.15, -0.1) is 13.2 Å². The number of carboxylic acid groups (broad SMARTS) is 1. The van der Waals surface area contributed by atoms with Gasteiger partial charge >= 0.3 is 18.5 Å². The highest BCUT2D eigenvalue weighted by atomic mass is 19.4. The zero-order valence-electron chi connectivity index (χ0n) is 12.1. The number of aliphatic carboxylic acids is 1. The fourth-order valence-corrected chi connectivity index (χ4v) is 2.16. The van der Waals surface area contributed by atoms with E-state index in [0.717, 1.165) is 36.5 Å². The third kappa shape index (κ3) is 4.85. The van der Waals surface area contributed by atoms with Gasteiger partial charge < -0.3 is 9.84 Å². The van der Waals surface area contributed by atoms with Gasteiger partial charge in [-0.3, -0.25) is 9.78 Å². The lowest BCUT2D eigenvalue weighted by Gasteiger charge is -2.16. The molecule has 1 aromatic heterocycles. The fourth-order valence-electron chi connectivity index (χ4n) is 2.16. The number of carboxylic acids is 1. The molecule has 0 saturated heterocycles. The molecule has 0 amide bonds. The summed E-state index contributed by atoms with van der Waals surface area (Å²) in [7, 11) is 0. The summed E-state index contributed by atoms with van der Waals surface area (Å²) in [6.07, 6.45) is -9.70. The molecular weight excluding hydrogens is 356 g/mol. The summed E-state index contributed by atoms with van der Waals surface area (Å²) in [6.45, 7) is 0. The van der Waals surface area contributed by atoms with Crippen molar-refractivity contribution in [1.29, 1.82) is 0 Å². The van der Waals surface area contributed by atoms with Crippen molar-refractivity contribution in [2.24, 2.45) is 0 Å². The molecule has 1 N–H and O–H groups in total. The van der Waals surface area contributed by atoms with Gasteiger partial charge in [-0.1, -0.05) is 0 Å². The number of hydrogen-bond acceptors (Lipinski definition) is 3. The Morgan fingerprint density at radius 1 is 1.04 bits per heavy atom. The molecule has 0 bridgehead atoms. The molecule has 0 aliphatic rings. The Balaban J connectivity index is 2.50. The van der Waals surface area contributed by atoms with E-state index in [4.69, 9.17) is 5.11 Å². The first-order valence-electron chi connectivity index (χ1n) is 6.60. The Labute approximate surface area is 136 Å². The predicted molar refractivity (Wildman–Crippen MR) is 72.7 cm³/mol. The van der Waals surface area contributed by atoms with Crippen LogP contribution in [-0.2, 0) is 17.4 Å². The number of aromatic nitrogens is 1. The van der Waals surface area contributed by atoms with E-state index in [1.807, 2.05) is 0 Å². The molecule has 0 unspecified atom stereocenters. The second-order valence-electron chi connectivity index (χ2n) is 4.83. The highest BCUT2D eigenvalue weighted by Gasteiger charge is 2.37. The zero-order chi connectivity index (χ0) is 18.8. The van der Waals surface area contributed by atoms with Crippen molar-refractivity contribution in [3.63, 3.8) is 0 Å². The molecule has 1 heterocycles. The molecular formula is C15H9F6NO3. The number of hydrogen-bond donors (Lipinski definition) is 1. The summed E-state index contributed by atoms with van der Waals surface area (Å²) in [4.78, 5) is 14.4. The summed E-state index contributed by atoms with van der Waals surface area (Å²) in [5, 5.41) is 8.75. The van der Waals surface area contributed by atoms with E-state index in [-0.39, 0.29) is 5.56 Å². The van der Waals surface area contributed by atoms with Crippen molar-refractivity contribution in [3.05, 3.63) is 47.7 Å². The number of rotatable bonds is 4. The van der Waals surface area contributed by atoms with Gasteiger partial charge in [0.05, 0.1) is 17.7 Å². The lowest BCUT2D eigenvalue weighted by molar-refractivity contribution is -0.274. The Hall–Kier alpha value is -2.78. The standard InChI is InChI=1S/C15H9F6NO3/c16-14(17,18)12-9(7-11(23)24)5-6-22-13(12)8-1-3-10(4-2-8)25-15(19,20)21/h1-6H,7H2,(H,23,24). The van der Waals surface area contributed by atoms with Crippen LogP contribution in [0.2, 0.25) is 0 Å². The highest BCUT2D eigenvalue weighted by Crippen LogP contribution is 2.39. The van der Waals surface area contributed by atoms with E-state index in [2.05, 4.69) is 9.72 Å². The minimum Gasteiger partial charge on any atom is -0.481 e. The SMILES string of the molecule is O=C(O)Cc1ccnc(-c2ccc(OC(F)(F)F)cc2)c1C(F)(F)F. The topological polar surface area (TPSA) is 59.4 Å². The maximum atomic E-state index is 13.3. The zero-order valence-corrected chi connectivity index (χ0v) is 12.1. The first-order chi connectivity index (χ1) is 11.5. The van der Waals surface area contributed by atoms with Gasteiger partial charge in [0, 0.05) is 11.8 Å². The van der Waals surface area contributed by atoms with Crippen LogP contribution < -0.4 is 4.74 Å². The van der Waals surface area contributed by atoms with Crippen molar-refractivity contribution < 1.29 is 41.0 Å². The molecule has 0 aliphatic carbocycles. The minimum absolute atomic E-state index is 0.130. The lowest BCUT2D eigenvalue weighted by Crippen LogP contribution is -2.17. The monoisotopic (exact) mass is 365 g/mol. The average Bonchev–Trinajstić information content (AvgIpc) is 2.44. The number of halogens is 6. The minimum atomic E-state index is -4.93. The first-order valence-corrected chi connectivity index (χ1v) is 6.60. The number of carbonyl (C=O) groups is 1. The summed E-state index contributed by atoms with van der Waals surface area (Å²) in [6, 6.07) is 4.57. The lowest BCUT2D eigenvalue weighted by atomic mass is 9.98. The highest BCUT2D eigenvalue weighted by molar-refractivity contribution is 5.73. The Morgan fingerprint density at radius 2 is 1.64 bits per heavy atom. The second-order valence-corrected chi connectivity index (χ2v) is 4.83. The van der Waals surface area contributed by atoms with E-state index in [1.54, 1.807) is 0 Å². The number of pyridine rings is 1. The smallest absolute Gasteiger partial charge is 0.481 e. The maximum Gasteiger partial charge on any atom is 0.573 e. The van der Waals surface area contributed by atoms with E-state index >= 15 is 0 Å². The van der Waals surface area contributed by atoms with Gasteiger partial charge in [-0.25, -0.2) is 0 Å². The van der Waals surface area contributed by atoms with Crippen LogP contribution in [0.4, 0.5) is 26.3 Å². The van der Waals surface area contributed by atoms with Crippen molar-refractivity contribution >= 4 is 5.97 Å². The van der Waals surface area contributed by atoms with Crippen LogP contribution in [0.25, 0.3) is 11.3 Å². The van der Waals surface area contributed by atoms with Gasteiger partial charge in [-0.2, -0.15) is 13.2 Å². The first kappa shape index (κ1) is 18.6. The van der Waals surface area contributed by atoms with Crippen LogP contribution >= 0.6 is 0 Å². The number of benzene rings is 1. The normalized spacial score (nSPS) is 12.1. The molecule has 0 radical (unpaired) electrons. The van der Waals surface area contributed by atoms with E-state index in [9.17, 15) is 31.1 Å². The van der Waals surface area contributed by atoms with Crippen molar-refractivity contribution in [1.82, 2.24) is 4.98 Å². The number of alkyl halides is 6. The number of ether oxygens (including phenoxy) is 1. The molecule has 0 saturated carbocycles. The van der Waals surface area contributed by atoms with Crippen LogP contribution in [0.1, 0.15) is 11.1 Å². The van der Waals surface area contributed by atoms with Crippen LogP contribution in [0.5, 0.6) is 5.75 Å². The molecule has 4 nitrogen and oxygen atoms in total. The fraction of sp³-hybridized carbons (Fsp3) is 0.200. The summed E-state index contributed by atoms with van der Waals surface area (Å²) in [5.74, 6) is -2.07. The van der Waals surface area contributed by atoms with E-state index in [1.165, 1.54) is 0 Å². The molecule has 1 aromatic carbocycles. The molecule has 2 aromatic rings. The molecule has 2 rings (SSSR count). The van der Waals surface area contributed by atoms with Crippen molar-refractivity contribution in [2.45, 2.75) is 19.0 Å². The molecule has 0 aliphatic heterocycles. The molecule has 25 heavy (non-hydrogen) atoms. The molecule has 10 heteroatoms. The molecule has 134 valence electrons. The second kappa shape index (κ2) is 6.61. The summed E-state index contributed by atoms with van der Waals surface area (Å²) < 4.78 is 80.0. The average molecular weight is 365 g/mol. The van der Waals surface area contributed by atoms with Crippen LogP contribution in [0.3, 0.4) is 0 Å². The Bertz CT molecular complexity index is 768. The maximum absolute atomic E-state index is 13.3. The summed E-state index contributed by atoms with van der Waals surface area (Å²) in [5.41, 5.74) is -2.46. The van der Waals surface area contributed by atoms with Crippen LogP contribution in [-0.4, -0.2) is 22.4 Å². The van der Waals surface area contributed by atoms with Gasteiger partial charge in [0.1, 0.15) is 5.75 Å². The van der Waals surface area contributed by atoms with Gasteiger partial charge in [-0.05, 0) is 35.9 Å². The van der Waals surface area contributed by atoms with Crippen LogP contribution in [0, 0.1) is 0 Å².